The zero-order valence-corrected chi connectivity index (χ0v) is 12.2. The highest BCUT2D eigenvalue weighted by atomic mass is 32.2. The maximum absolute atomic E-state index is 13.1. The van der Waals surface area contributed by atoms with E-state index in [1.54, 1.807) is 20.0 Å². The van der Waals surface area contributed by atoms with E-state index in [0.29, 0.717) is 10.1 Å². The molecule has 0 bridgehead atoms. The Bertz CT molecular complexity index is 624. The molecule has 5 nitrogen and oxygen atoms in total. The van der Waals surface area contributed by atoms with Gasteiger partial charge in [-0.25, -0.2) is 4.68 Å². The minimum absolute atomic E-state index is 0.172. The molecule has 21 heavy (non-hydrogen) atoms. The lowest BCUT2D eigenvalue weighted by atomic mass is 10.0. The predicted octanol–water partition coefficient (Wildman–Crippen LogP) is 2.27. The van der Waals surface area contributed by atoms with Crippen molar-refractivity contribution in [3.63, 3.8) is 0 Å². The SMILES string of the molecule is CC(N)Cc1ccc(Sc2nnnn2C)cc1C(F)(F)F. The van der Waals surface area contributed by atoms with Crippen LogP contribution in [0.25, 0.3) is 0 Å². The summed E-state index contributed by atoms with van der Waals surface area (Å²) in [6, 6.07) is 3.84. The van der Waals surface area contributed by atoms with Crippen LogP contribution in [0.15, 0.2) is 28.3 Å². The van der Waals surface area contributed by atoms with Gasteiger partial charge >= 0.3 is 6.18 Å². The van der Waals surface area contributed by atoms with Crippen LogP contribution in [0.3, 0.4) is 0 Å². The van der Waals surface area contributed by atoms with Gasteiger partial charge in [0.2, 0.25) is 5.16 Å². The Morgan fingerprint density at radius 2 is 2.10 bits per heavy atom. The molecule has 1 aromatic carbocycles. The second kappa shape index (κ2) is 6.02. The van der Waals surface area contributed by atoms with Gasteiger partial charge in [0, 0.05) is 18.0 Å². The van der Waals surface area contributed by atoms with Crippen molar-refractivity contribution < 1.29 is 13.2 Å². The van der Waals surface area contributed by atoms with Crippen molar-refractivity contribution in [2.75, 3.05) is 0 Å². The first-order valence-corrected chi connectivity index (χ1v) is 6.95. The molecule has 1 atom stereocenters. The average Bonchev–Trinajstić information content (AvgIpc) is 2.75. The molecule has 114 valence electrons. The minimum Gasteiger partial charge on any atom is -0.328 e. The molecule has 1 unspecified atom stereocenters. The third kappa shape index (κ3) is 3.94. The van der Waals surface area contributed by atoms with E-state index in [-0.39, 0.29) is 18.0 Å². The van der Waals surface area contributed by atoms with E-state index in [0.717, 1.165) is 17.8 Å². The second-order valence-electron chi connectivity index (χ2n) is 4.69. The number of aromatic nitrogens is 4. The summed E-state index contributed by atoms with van der Waals surface area (Å²) < 4.78 is 40.8. The quantitative estimate of drug-likeness (QED) is 0.937. The molecule has 0 radical (unpaired) electrons. The molecule has 0 aliphatic carbocycles. The number of hydrogen-bond acceptors (Lipinski definition) is 5. The molecule has 0 fully saturated rings. The van der Waals surface area contributed by atoms with Crippen LogP contribution < -0.4 is 5.73 Å². The Balaban J connectivity index is 2.35. The molecule has 1 heterocycles. The first kappa shape index (κ1) is 15.8. The van der Waals surface area contributed by atoms with Gasteiger partial charge < -0.3 is 5.73 Å². The molecular weight excluding hydrogens is 303 g/mol. The van der Waals surface area contributed by atoms with Crippen molar-refractivity contribution in [1.82, 2.24) is 20.2 Å². The highest BCUT2D eigenvalue weighted by molar-refractivity contribution is 7.99. The summed E-state index contributed by atoms with van der Waals surface area (Å²) in [5.74, 6) is 0. The first-order valence-electron chi connectivity index (χ1n) is 6.13. The lowest BCUT2D eigenvalue weighted by molar-refractivity contribution is -0.138. The Labute approximate surface area is 123 Å². The smallest absolute Gasteiger partial charge is 0.328 e. The molecule has 2 rings (SSSR count). The van der Waals surface area contributed by atoms with Crippen LogP contribution in [0.2, 0.25) is 0 Å². The molecular formula is C12H14F3N5S. The highest BCUT2D eigenvalue weighted by Gasteiger charge is 2.33. The molecule has 1 aromatic heterocycles. The Morgan fingerprint density at radius 3 is 2.62 bits per heavy atom. The number of nitrogens with zero attached hydrogens (tertiary/aromatic N) is 4. The van der Waals surface area contributed by atoms with E-state index >= 15 is 0 Å². The molecule has 2 aromatic rings. The Morgan fingerprint density at radius 1 is 1.38 bits per heavy atom. The van der Waals surface area contributed by atoms with Gasteiger partial charge in [-0.05, 0) is 53.2 Å². The third-order valence-corrected chi connectivity index (χ3v) is 3.74. The monoisotopic (exact) mass is 317 g/mol. The van der Waals surface area contributed by atoms with Crippen molar-refractivity contribution in [2.24, 2.45) is 12.8 Å². The number of nitrogens with two attached hydrogens (primary N) is 1. The van der Waals surface area contributed by atoms with Gasteiger partial charge in [-0.2, -0.15) is 13.2 Å². The number of tetrazole rings is 1. The van der Waals surface area contributed by atoms with E-state index in [9.17, 15) is 13.2 Å². The van der Waals surface area contributed by atoms with Crippen molar-refractivity contribution in [1.29, 1.82) is 0 Å². The minimum atomic E-state index is -4.42. The molecule has 0 saturated carbocycles. The van der Waals surface area contributed by atoms with E-state index in [1.807, 2.05) is 0 Å². The molecule has 0 amide bonds. The summed E-state index contributed by atoms with van der Waals surface area (Å²) in [6.45, 7) is 1.67. The molecule has 0 aliphatic rings. The van der Waals surface area contributed by atoms with E-state index in [4.69, 9.17) is 5.73 Å². The first-order chi connectivity index (χ1) is 9.77. The van der Waals surface area contributed by atoms with Crippen molar-refractivity contribution >= 4 is 11.8 Å². The fourth-order valence-corrected chi connectivity index (χ4v) is 2.59. The zero-order chi connectivity index (χ0) is 15.6. The van der Waals surface area contributed by atoms with Crippen molar-refractivity contribution in [2.45, 2.75) is 35.6 Å². The summed E-state index contributed by atoms with van der Waals surface area (Å²) in [5, 5.41) is 11.2. The molecule has 2 N–H and O–H groups in total. The number of rotatable bonds is 4. The van der Waals surface area contributed by atoms with Crippen LogP contribution >= 0.6 is 11.8 Å². The van der Waals surface area contributed by atoms with Crippen molar-refractivity contribution in [3.8, 4) is 0 Å². The topological polar surface area (TPSA) is 69.6 Å². The normalized spacial score (nSPS) is 13.4. The summed E-state index contributed by atoms with van der Waals surface area (Å²) in [4.78, 5) is 0.425. The number of alkyl halides is 3. The Hall–Kier alpha value is -1.61. The summed E-state index contributed by atoms with van der Waals surface area (Å²) in [7, 11) is 1.62. The molecule has 9 heteroatoms. The van der Waals surface area contributed by atoms with E-state index in [1.165, 1.54) is 10.7 Å². The van der Waals surface area contributed by atoms with E-state index in [2.05, 4.69) is 15.5 Å². The fraction of sp³-hybridized carbons (Fsp3) is 0.417. The van der Waals surface area contributed by atoms with Gasteiger partial charge in [0.25, 0.3) is 0 Å². The number of aryl methyl sites for hydroxylation is 1. The van der Waals surface area contributed by atoms with Crippen LogP contribution in [0.4, 0.5) is 13.2 Å². The second-order valence-corrected chi connectivity index (χ2v) is 5.73. The Kier molecular flexibility index (Phi) is 4.52. The van der Waals surface area contributed by atoms with Crippen LogP contribution in [0, 0.1) is 0 Å². The van der Waals surface area contributed by atoms with Gasteiger partial charge in [-0.3, -0.25) is 0 Å². The molecule has 0 spiro atoms. The van der Waals surface area contributed by atoms with Crippen molar-refractivity contribution in [3.05, 3.63) is 29.3 Å². The van der Waals surface area contributed by atoms with Gasteiger partial charge in [0.1, 0.15) is 0 Å². The maximum Gasteiger partial charge on any atom is 0.416 e. The standard InChI is InChI=1S/C12H14F3N5S/c1-7(16)5-8-3-4-9(6-10(8)12(13,14)15)21-11-17-18-19-20(11)2/h3-4,6-7H,5,16H2,1-2H3. The fourth-order valence-electron chi connectivity index (χ4n) is 1.82. The lowest BCUT2D eigenvalue weighted by Crippen LogP contribution is -2.20. The number of benzene rings is 1. The van der Waals surface area contributed by atoms with E-state index < -0.39 is 11.7 Å². The van der Waals surface area contributed by atoms with Crippen LogP contribution in [0.5, 0.6) is 0 Å². The summed E-state index contributed by atoms with van der Waals surface area (Å²) >= 11 is 1.07. The predicted molar refractivity (Wildman–Crippen MR) is 71.7 cm³/mol. The van der Waals surface area contributed by atoms with Crippen LogP contribution in [0.1, 0.15) is 18.1 Å². The van der Waals surface area contributed by atoms with Crippen LogP contribution in [-0.4, -0.2) is 26.2 Å². The average molecular weight is 317 g/mol. The van der Waals surface area contributed by atoms with Gasteiger partial charge in [0.05, 0.1) is 5.56 Å². The number of halogens is 3. The summed E-state index contributed by atoms with van der Waals surface area (Å²) in [5.41, 5.74) is 5.13. The lowest BCUT2D eigenvalue weighted by Gasteiger charge is -2.15. The largest absolute Gasteiger partial charge is 0.416 e. The maximum atomic E-state index is 13.1. The molecule has 0 saturated heterocycles. The molecule has 0 aliphatic heterocycles. The highest BCUT2D eigenvalue weighted by Crippen LogP contribution is 2.36. The van der Waals surface area contributed by atoms with Gasteiger partial charge in [-0.15, -0.1) is 5.10 Å². The van der Waals surface area contributed by atoms with Gasteiger partial charge in [0.15, 0.2) is 0 Å². The zero-order valence-electron chi connectivity index (χ0n) is 11.4. The third-order valence-electron chi connectivity index (χ3n) is 2.72. The number of hydrogen-bond donors (Lipinski definition) is 1. The van der Waals surface area contributed by atoms with Crippen LogP contribution in [-0.2, 0) is 19.6 Å². The van der Waals surface area contributed by atoms with Gasteiger partial charge in [-0.1, -0.05) is 6.07 Å². The summed E-state index contributed by atoms with van der Waals surface area (Å²) in [6.07, 6.45) is -4.25.